The zero-order valence-corrected chi connectivity index (χ0v) is 14.1. The Morgan fingerprint density at radius 3 is 2.38 bits per heavy atom. The normalized spacial score (nSPS) is 19.2. The van der Waals surface area contributed by atoms with Crippen molar-refractivity contribution in [1.82, 2.24) is 4.98 Å². The van der Waals surface area contributed by atoms with Gasteiger partial charge in [0.05, 0.1) is 28.1 Å². The summed E-state index contributed by atoms with van der Waals surface area (Å²) >= 11 is 0. The molecule has 0 spiro atoms. The van der Waals surface area contributed by atoms with Crippen molar-refractivity contribution in [3.05, 3.63) is 59.3 Å². The molecule has 7 heteroatoms. The summed E-state index contributed by atoms with van der Waals surface area (Å²) < 4.78 is 41.7. The van der Waals surface area contributed by atoms with Gasteiger partial charge in [-0.15, -0.1) is 0 Å². The van der Waals surface area contributed by atoms with Crippen LogP contribution in [0.4, 0.5) is 30.2 Å². The summed E-state index contributed by atoms with van der Waals surface area (Å²) in [6, 6.07) is 10.2. The van der Waals surface area contributed by atoms with Gasteiger partial charge < -0.3 is 15.7 Å². The van der Waals surface area contributed by atoms with Gasteiger partial charge in [-0.05, 0) is 43.2 Å². The Morgan fingerprint density at radius 2 is 1.69 bits per heavy atom. The van der Waals surface area contributed by atoms with Crippen molar-refractivity contribution < 1.29 is 18.3 Å². The molecule has 1 unspecified atom stereocenters. The lowest BCUT2D eigenvalue weighted by Gasteiger charge is -2.32. The minimum atomic E-state index is -4.95. The van der Waals surface area contributed by atoms with E-state index < -0.39 is 11.9 Å². The van der Waals surface area contributed by atoms with Crippen molar-refractivity contribution in [2.45, 2.75) is 25.7 Å². The molecule has 0 radical (unpaired) electrons. The number of halogens is 3. The van der Waals surface area contributed by atoms with E-state index in [4.69, 9.17) is 0 Å². The molecule has 0 amide bonds. The molecule has 1 aromatic heterocycles. The van der Waals surface area contributed by atoms with Crippen LogP contribution < -0.4 is 10.6 Å². The van der Waals surface area contributed by atoms with Gasteiger partial charge in [-0.1, -0.05) is 18.2 Å². The molecule has 1 aliphatic rings. The van der Waals surface area contributed by atoms with Gasteiger partial charge in [0.15, 0.2) is 0 Å². The van der Waals surface area contributed by atoms with Crippen LogP contribution in [0.2, 0.25) is 0 Å². The maximum Gasteiger partial charge on any atom is 0.441 e. The summed E-state index contributed by atoms with van der Waals surface area (Å²) in [6.07, 6.45) is -3.88. The third kappa shape index (κ3) is 2.31. The molecule has 4 nitrogen and oxygen atoms in total. The SMILES string of the molecule is Cc1cc2c(cc1C)NC(O)(C(F)(F)F)c1cnc3ccccc3c1N2. The average molecular weight is 359 g/mol. The lowest BCUT2D eigenvalue weighted by molar-refractivity contribution is -0.253. The van der Waals surface area contributed by atoms with E-state index in [0.717, 1.165) is 17.3 Å². The van der Waals surface area contributed by atoms with E-state index in [2.05, 4.69) is 15.6 Å². The van der Waals surface area contributed by atoms with Gasteiger partial charge in [0, 0.05) is 11.6 Å². The van der Waals surface area contributed by atoms with Crippen LogP contribution in [-0.4, -0.2) is 16.3 Å². The fraction of sp³-hybridized carbons (Fsp3) is 0.211. The predicted molar refractivity (Wildman–Crippen MR) is 94.5 cm³/mol. The minimum Gasteiger partial charge on any atom is -0.360 e. The number of benzene rings is 2. The number of aromatic nitrogens is 1. The first-order valence-corrected chi connectivity index (χ1v) is 8.04. The zero-order chi connectivity index (χ0) is 18.7. The highest BCUT2D eigenvalue weighted by atomic mass is 19.4. The van der Waals surface area contributed by atoms with Crippen molar-refractivity contribution in [3.63, 3.8) is 0 Å². The van der Waals surface area contributed by atoms with E-state index >= 15 is 0 Å². The second kappa shape index (κ2) is 5.35. The number of nitrogens with one attached hydrogen (secondary N) is 2. The van der Waals surface area contributed by atoms with Crippen molar-refractivity contribution in [3.8, 4) is 0 Å². The molecule has 2 heterocycles. The third-order valence-electron chi connectivity index (χ3n) is 4.78. The van der Waals surface area contributed by atoms with Crippen molar-refractivity contribution in [1.29, 1.82) is 0 Å². The van der Waals surface area contributed by atoms with Crippen LogP contribution in [0, 0.1) is 13.8 Å². The largest absolute Gasteiger partial charge is 0.441 e. The maximum atomic E-state index is 13.9. The molecule has 0 saturated carbocycles. The Bertz CT molecular complexity index is 1030. The first-order chi connectivity index (χ1) is 12.2. The van der Waals surface area contributed by atoms with Crippen LogP contribution in [0.5, 0.6) is 0 Å². The number of fused-ring (bicyclic) bond motifs is 4. The Balaban J connectivity index is 2.08. The molecule has 0 saturated heterocycles. The number of hydrogen-bond acceptors (Lipinski definition) is 4. The fourth-order valence-corrected chi connectivity index (χ4v) is 3.19. The van der Waals surface area contributed by atoms with Gasteiger partial charge in [0.25, 0.3) is 5.72 Å². The Labute approximate surface area is 147 Å². The number of aliphatic hydroxyl groups is 1. The molecule has 134 valence electrons. The van der Waals surface area contributed by atoms with Crippen LogP contribution in [0.25, 0.3) is 10.9 Å². The summed E-state index contributed by atoms with van der Waals surface area (Å²) in [4.78, 5) is 4.10. The van der Waals surface area contributed by atoms with E-state index in [1.165, 1.54) is 0 Å². The smallest absolute Gasteiger partial charge is 0.360 e. The molecule has 0 bridgehead atoms. The maximum absolute atomic E-state index is 13.9. The van der Waals surface area contributed by atoms with Crippen molar-refractivity contribution in [2.75, 3.05) is 10.6 Å². The van der Waals surface area contributed by atoms with Gasteiger partial charge in [-0.25, -0.2) is 0 Å². The van der Waals surface area contributed by atoms with Crippen LogP contribution in [-0.2, 0) is 5.72 Å². The lowest BCUT2D eigenvalue weighted by atomic mass is 9.99. The number of alkyl halides is 3. The Hall–Kier alpha value is -2.80. The van der Waals surface area contributed by atoms with Gasteiger partial charge >= 0.3 is 6.18 Å². The number of hydrogen-bond donors (Lipinski definition) is 3. The number of pyridine rings is 1. The standard InChI is InChI=1S/C19H16F3N3O/c1-10-7-15-16(8-11(10)2)25-18(26,19(20,21)22)13-9-23-14-6-4-3-5-12(14)17(13)24-15/h3-9,24-26H,1-2H3. The monoisotopic (exact) mass is 359 g/mol. The summed E-state index contributed by atoms with van der Waals surface area (Å²) in [7, 11) is 0. The van der Waals surface area contributed by atoms with E-state index in [1.807, 2.05) is 6.92 Å². The highest BCUT2D eigenvalue weighted by molar-refractivity contribution is 5.97. The van der Waals surface area contributed by atoms with Crippen LogP contribution in [0.1, 0.15) is 16.7 Å². The van der Waals surface area contributed by atoms with Gasteiger partial charge in [0.2, 0.25) is 0 Å². The topological polar surface area (TPSA) is 57.2 Å². The third-order valence-corrected chi connectivity index (χ3v) is 4.78. The zero-order valence-electron chi connectivity index (χ0n) is 14.1. The number of nitrogens with zero attached hydrogens (tertiary/aromatic N) is 1. The number of anilines is 3. The van der Waals surface area contributed by atoms with E-state index in [0.29, 0.717) is 16.6 Å². The van der Waals surface area contributed by atoms with Crippen molar-refractivity contribution in [2.24, 2.45) is 0 Å². The minimum absolute atomic E-state index is 0.174. The first kappa shape index (κ1) is 16.7. The van der Waals surface area contributed by atoms with Crippen molar-refractivity contribution >= 4 is 28.0 Å². The van der Waals surface area contributed by atoms with E-state index in [-0.39, 0.29) is 16.9 Å². The van der Waals surface area contributed by atoms with Gasteiger partial charge in [-0.3, -0.25) is 4.98 Å². The average Bonchev–Trinajstić information content (AvgIpc) is 2.70. The van der Waals surface area contributed by atoms with Crippen LogP contribution in [0.3, 0.4) is 0 Å². The quantitative estimate of drug-likeness (QED) is 0.543. The molecule has 0 aliphatic carbocycles. The molecule has 2 aromatic carbocycles. The summed E-state index contributed by atoms with van der Waals surface area (Å²) in [5.41, 5.74) is -0.527. The Kier molecular flexibility index (Phi) is 3.43. The van der Waals surface area contributed by atoms with Gasteiger partial charge in [-0.2, -0.15) is 13.2 Å². The number of para-hydroxylation sites is 1. The molecule has 3 aromatic rings. The predicted octanol–water partition coefficient (Wildman–Crippen LogP) is 4.73. The lowest BCUT2D eigenvalue weighted by Crippen LogP contribution is -2.48. The highest BCUT2D eigenvalue weighted by Crippen LogP contribution is 2.48. The Morgan fingerprint density at radius 1 is 1.04 bits per heavy atom. The molecule has 1 aliphatic heterocycles. The molecular formula is C19H16F3N3O. The number of rotatable bonds is 0. The molecule has 1 atom stereocenters. The first-order valence-electron chi connectivity index (χ1n) is 8.04. The molecular weight excluding hydrogens is 343 g/mol. The fourth-order valence-electron chi connectivity index (χ4n) is 3.19. The summed E-state index contributed by atoms with van der Waals surface area (Å²) in [6.45, 7) is 3.68. The van der Waals surface area contributed by atoms with E-state index in [9.17, 15) is 18.3 Å². The van der Waals surface area contributed by atoms with Crippen LogP contribution >= 0.6 is 0 Å². The summed E-state index contributed by atoms with van der Waals surface area (Å²) in [5, 5.41) is 16.6. The second-order valence-corrected chi connectivity index (χ2v) is 6.50. The van der Waals surface area contributed by atoms with E-state index in [1.54, 1.807) is 43.3 Å². The summed E-state index contributed by atoms with van der Waals surface area (Å²) in [5.74, 6) is 0. The highest BCUT2D eigenvalue weighted by Gasteiger charge is 2.58. The molecule has 0 fully saturated rings. The molecule has 26 heavy (non-hydrogen) atoms. The molecule has 3 N–H and O–H groups in total. The number of aryl methyl sites for hydroxylation is 2. The van der Waals surface area contributed by atoms with Gasteiger partial charge in [0.1, 0.15) is 0 Å². The molecule has 4 rings (SSSR count). The second-order valence-electron chi connectivity index (χ2n) is 6.50. The van der Waals surface area contributed by atoms with Crippen LogP contribution in [0.15, 0.2) is 42.6 Å².